The van der Waals surface area contributed by atoms with E-state index in [-0.39, 0.29) is 24.1 Å². The number of amides is 1. The van der Waals surface area contributed by atoms with Crippen LogP contribution in [0.4, 0.5) is 4.39 Å². The maximum Gasteiger partial charge on any atom is 0.251 e. The highest BCUT2D eigenvalue weighted by Crippen LogP contribution is 2.08. The van der Waals surface area contributed by atoms with Gasteiger partial charge in [-0.15, -0.1) is 12.4 Å². The summed E-state index contributed by atoms with van der Waals surface area (Å²) in [5.41, 5.74) is 2.10. The lowest BCUT2D eigenvalue weighted by Crippen LogP contribution is -2.27. The van der Waals surface area contributed by atoms with Crippen LogP contribution in [-0.4, -0.2) is 24.0 Å². The molecule has 124 valence electrons. The predicted octanol–water partition coefficient (Wildman–Crippen LogP) is 2.86. The van der Waals surface area contributed by atoms with Gasteiger partial charge in [-0.1, -0.05) is 6.07 Å². The van der Waals surface area contributed by atoms with Gasteiger partial charge in [-0.25, -0.2) is 4.39 Å². The van der Waals surface area contributed by atoms with E-state index in [2.05, 4.69) is 15.6 Å². The number of carbonyl (C=O) groups excluding carboxylic acids is 1. The Bertz CT molecular complexity index is 622. The number of hydrogen-bond acceptors (Lipinski definition) is 3. The van der Waals surface area contributed by atoms with Gasteiger partial charge in [-0.05, 0) is 55.3 Å². The molecule has 0 fully saturated rings. The summed E-state index contributed by atoms with van der Waals surface area (Å²) in [7, 11) is 0. The second-order valence-corrected chi connectivity index (χ2v) is 5.11. The minimum Gasteiger partial charge on any atom is -0.352 e. The molecular formula is C17H21ClFN3O. The third-order valence-corrected chi connectivity index (χ3v) is 3.29. The molecule has 0 unspecified atom stereocenters. The molecule has 2 aromatic rings. The molecule has 1 aromatic heterocycles. The summed E-state index contributed by atoms with van der Waals surface area (Å²) in [4.78, 5) is 15.9. The van der Waals surface area contributed by atoms with Crippen molar-refractivity contribution in [1.29, 1.82) is 0 Å². The largest absolute Gasteiger partial charge is 0.352 e. The minimum atomic E-state index is -0.295. The number of aryl methyl sites for hydroxylation is 1. The molecule has 0 bridgehead atoms. The minimum absolute atomic E-state index is 0. The van der Waals surface area contributed by atoms with Crippen molar-refractivity contribution >= 4 is 18.3 Å². The van der Waals surface area contributed by atoms with Gasteiger partial charge in [0, 0.05) is 31.0 Å². The molecule has 0 saturated carbocycles. The van der Waals surface area contributed by atoms with Gasteiger partial charge in [0.15, 0.2) is 0 Å². The Hall–Kier alpha value is -1.98. The average Bonchev–Trinajstić information content (AvgIpc) is 2.54. The van der Waals surface area contributed by atoms with Crippen molar-refractivity contribution in [2.75, 3.05) is 13.1 Å². The van der Waals surface area contributed by atoms with Crippen LogP contribution >= 0.6 is 12.4 Å². The maximum atomic E-state index is 13.1. The molecule has 4 nitrogen and oxygen atoms in total. The molecule has 1 heterocycles. The quantitative estimate of drug-likeness (QED) is 0.764. The zero-order chi connectivity index (χ0) is 15.8. The van der Waals surface area contributed by atoms with Crippen molar-refractivity contribution in [3.63, 3.8) is 0 Å². The maximum absolute atomic E-state index is 13.1. The molecular weight excluding hydrogens is 317 g/mol. The summed E-state index contributed by atoms with van der Waals surface area (Å²) in [5, 5.41) is 6.12. The highest BCUT2D eigenvalue weighted by molar-refractivity contribution is 5.94. The number of pyridine rings is 1. The Morgan fingerprint density at radius 3 is 2.78 bits per heavy atom. The van der Waals surface area contributed by atoms with Gasteiger partial charge in [-0.2, -0.15) is 0 Å². The Kier molecular flexibility index (Phi) is 8.22. The molecule has 1 amide bonds. The van der Waals surface area contributed by atoms with E-state index < -0.39 is 0 Å². The SMILES string of the molecule is Cc1cc(C(=O)NCCCNCc2cccnc2)ccc1F.Cl. The Morgan fingerprint density at radius 1 is 1.26 bits per heavy atom. The van der Waals surface area contributed by atoms with Gasteiger partial charge in [0.2, 0.25) is 0 Å². The Labute approximate surface area is 141 Å². The van der Waals surface area contributed by atoms with Crippen molar-refractivity contribution in [2.45, 2.75) is 19.9 Å². The molecule has 6 heteroatoms. The molecule has 23 heavy (non-hydrogen) atoms. The number of rotatable bonds is 7. The lowest BCUT2D eigenvalue weighted by Gasteiger charge is -2.07. The first kappa shape index (κ1) is 19.1. The van der Waals surface area contributed by atoms with Crippen molar-refractivity contribution in [3.05, 3.63) is 65.2 Å². The molecule has 0 atom stereocenters. The molecule has 2 rings (SSSR count). The number of halogens is 2. The summed E-state index contributed by atoms with van der Waals surface area (Å²) >= 11 is 0. The summed E-state index contributed by atoms with van der Waals surface area (Å²) in [6.45, 7) is 3.79. The first-order chi connectivity index (χ1) is 10.7. The molecule has 2 N–H and O–H groups in total. The van der Waals surface area contributed by atoms with E-state index in [9.17, 15) is 9.18 Å². The molecule has 1 aromatic carbocycles. The van der Waals surface area contributed by atoms with Crippen LogP contribution in [0.2, 0.25) is 0 Å². The fraction of sp³-hybridized carbons (Fsp3) is 0.294. The van der Waals surface area contributed by atoms with Gasteiger partial charge in [-0.3, -0.25) is 9.78 Å². The highest BCUT2D eigenvalue weighted by Gasteiger charge is 2.06. The van der Waals surface area contributed by atoms with E-state index in [1.807, 2.05) is 18.3 Å². The average molecular weight is 338 g/mol. The number of nitrogens with one attached hydrogen (secondary N) is 2. The van der Waals surface area contributed by atoms with Crippen LogP contribution < -0.4 is 10.6 Å². The number of hydrogen-bond donors (Lipinski definition) is 2. The van der Waals surface area contributed by atoms with Crippen molar-refractivity contribution in [1.82, 2.24) is 15.6 Å². The third kappa shape index (κ3) is 6.34. The van der Waals surface area contributed by atoms with E-state index in [1.54, 1.807) is 19.2 Å². The summed E-state index contributed by atoms with van der Waals surface area (Å²) < 4.78 is 13.1. The summed E-state index contributed by atoms with van der Waals surface area (Å²) in [6, 6.07) is 8.30. The predicted molar refractivity (Wildman–Crippen MR) is 91.3 cm³/mol. The van der Waals surface area contributed by atoms with Crippen LogP contribution in [0.25, 0.3) is 0 Å². The second kappa shape index (κ2) is 9.92. The number of benzene rings is 1. The van der Waals surface area contributed by atoms with Crippen LogP contribution in [0.1, 0.15) is 27.9 Å². The van der Waals surface area contributed by atoms with Gasteiger partial charge in [0.25, 0.3) is 5.91 Å². The van der Waals surface area contributed by atoms with Gasteiger partial charge in [0.05, 0.1) is 0 Å². The summed E-state index contributed by atoms with van der Waals surface area (Å²) in [6.07, 6.45) is 4.40. The van der Waals surface area contributed by atoms with Gasteiger partial charge in [0.1, 0.15) is 5.82 Å². The molecule has 0 spiro atoms. The zero-order valence-corrected chi connectivity index (χ0v) is 13.8. The highest BCUT2D eigenvalue weighted by atomic mass is 35.5. The van der Waals surface area contributed by atoms with E-state index in [0.29, 0.717) is 17.7 Å². The molecule has 0 saturated heterocycles. The molecule has 0 aliphatic carbocycles. The van der Waals surface area contributed by atoms with Crippen LogP contribution in [0.3, 0.4) is 0 Å². The second-order valence-electron chi connectivity index (χ2n) is 5.11. The first-order valence-corrected chi connectivity index (χ1v) is 7.31. The zero-order valence-electron chi connectivity index (χ0n) is 13.0. The van der Waals surface area contributed by atoms with Gasteiger partial charge < -0.3 is 10.6 Å². The van der Waals surface area contributed by atoms with E-state index >= 15 is 0 Å². The Balaban J connectivity index is 0.00000264. The fourth-order valence-corrected chi connectivity index (χ4v) is 2.04. The number of carbonyl (C=O) groups is 1. The fourth-order valence-electron chi connectivity index (χ4n) is 2.04. The van der Waals surface area contributed by atoms with Gasteiger partial charge >= 0.3 is 0 Å². The number of nitrogens with zero attached hydrogens (tertiary/aromatic N) is 1. The molecule has 0 aliphatic rings. The van der Waals surface area contributed by atoms with Crippen LogP contribution in [0, 0.1) is 12.7 Å². The van der Waals surface area contributed by atoms with Crippen LogP contribution in [0.5, 0.6) is 0 Å². The van der Waals surface area contributed by atoms with Crippen molar-refractivity contribution < 1.29 is 9.18 Å². The monoisotopic (exact) mass is 337 g/mol. The lowest BCUT2D eigenvalue weighted by molar-refractivity contribution is 0.0953. The standard InChI is InChI=1S/C17H20FN3O.ClH/c1-13-10-15(5-6-16(13)18)17(22)21-9-3-8-20-12-14-4-2-7-19-11-14;/h2,4-7,10-11,20H,3,8-9,12H2,1H3,(H,21,22);1H. The van der Waals surface area contributed by atoms with Crippen molar-refractivity contribution in [2.24, 2.45) is 0 Å². The first-order valence-electron chi connectivity index (χ1n) is 7.31. The topological polar surface area (TPSA) is 54.0 Å². The van der Waals surface area contributed by atoms with Crippen molar-refractivity contribution in [3.8, 4) is 0 Å². The van der Waals surface area contributed by atoms with E-state index in [0.717, 1.165) is 25.1 Å². The number of aromatic nitrogens is 1. The lowest BCUT2D eigenvalue weighted by atomic mass is 10.1. The van der Waals surface area contributed by atoms with E-state index in [1.165, 1.54) is 12.1 Å². The van der Waals surface area contributed by atoms with Crippen LogP contribution in [-0.2, 0) is 6.54 Å². The molecule has 0 radical (unpaired) electrons. The summed E-state index contributed by atoms with van der Waals surface area (Å²) in [5.74, 6) is -0.466. The Morgan fingerprint density at radius 2 is 2.09 bits per heavy atom. The smallest absolute Gasteiger partial charge is 0.251 e. The van der Waals surface area contributed by atoms with Crippen LogP contribution in [0.15, 0.2) is 42.7 Å². The molecule has 0 aliphatic heterocycles. The normalized spacial score (nSPS) is 10.0. The van der Waals surface area contributed by atoms with E-state index in [4.69, 9.17) is 0 Å². The third-order valence-electron chi connectivity index (χ3n) is 3.29.